The van der Waals surface area contributed by atoms with Crippen LogP contribution in [0.2, 0.25) is 0 Å². The molecule has 2 aromatic rings. The van der Waals surface area contributed by atoms with Crippen molar-refractivity contribution in [2.24, 2.45) is 0 Å². The largest absolute Gasteiger partial charge is 0.368 e. The maximum absolute atomic E-state index is 12.4. The summed E-state index contributed by atoms with van der Waals surface area (Å²) in [6.07, 6.45) is 0.484. The van der Waals surface area contributed by atoms with Crippen LogP contribution in [0.4, 0.5) is 5.69 Å². The number of rotatable bonds is 3. The highest BCUT2D eigenvalue weighted by Crippen LogP contribution is 2.18. The second-order valence-corrected chi connectivity index (χ2v) is 6.92. The molecule has 1 saturated heterocycles. The van der Waals surface area contributed by atoms with Gasteiger partial charge in [-0.3, -0.25) is 4.79 Å². The van der Waals surface area contributed by atoms with Crippen molar-refractivity contribution in [1.82, 2.24) is 4.90 Å². The van der Waals surface area contributed by atoms with Crippen LogP contribution in [0.3, 0.4) is 0 Å². The lowest BCUT2D eigenvalue weighted by Gasteiger charge is -2.36. The molecule has 1 aliphatic rings. The Morgan fingerprint density at radius 3 is 2.17 bits per heavy atom. The number of benzene rings is 2. The molecule has 2 aromatic carbocycles. The van der Waals surface area contributed by atoms with Crippen molar-refractivity contribution in [3.8, 4) is 0 Å². The van der Waals surface area contributed by atoms with Gasteiger partial charge in [0, 0.05) is 36.3 Å². The standard InChI is InChI=1S/C19H21BrN2O/c1-15-2-8-18(9-3-15)21-10-12-22(13-11-21)19(23)14-16-4-6-17(20)7-5-16/h2-9H,10-14H2,1H3. The van der Waals surface area contributed by atoms with E-state index >= 15 is 0 Å². The number of hydrogen-bond acceptors (Lipinski definition) is 2. The highest BCUT2D eigenvalue weighted by atomic mass is 79.9. The minimum Gasteiger partial charge on any atom is -0.368 e. The van der Waals surface area contributed by atoms with Crippen LogP contribution in [0.5, 0.6) is 0 Å². The summed E-state index contributed by atoms with van der Waals surface area (Å²) in [6, 6.07) is 16.6. The van der Waals surface area contributed by atoms with Crippen molar-refractivity contribution >= 4 is 27.5 Å². The van der Waals surface area contributed by atoms with Gasteiger partial charge in [0.1, 0.15) is 0 Å². The normalized spacial score (nSPS) is 14.9. The lowest BCUT2D eigenvalue weighted by Crippen LogP contribution is -2.49. The zero-order valence-electron chi connectivity index (χ0n) is 13.3. The van der Waals surface area contributed by atoms with Crippen LogP contribution >= 0.6 is 15.9 Å². The smallest absolute Gasteiger partial charge is 0.227 e. The van der Waals surface area contributed by atoms with E-state index in [1.54, 1.807) is 0 Å². The van der Waals surface area contributed by atoms with E-state index in [-0.39, 0.29) is 5.91 Å². The maximum atomic E-state index is 12.4. The van der Waals surface area contributed by atoms with E-state index in [0.29, 0.717) is 6.42 Å². The van der Waals surface area contributed by atoms with E-state index in [4.69, 9.17) is 0 Å². The van der Waals surface area contributed by atoms with E-state index in [1.165, 1.54) is 11.3 Å². The lowest BCUT2D eigenvalue weighted by atomic mass is 10.1. The third-order valence-electron chi connectivity index (χ3n) is 4.30. The molecule has 0 aromatic heterocycles. The van der Waals surface area contributed by atoms with Gasteiger partial charge >= 0.3 is 0 Å². The molecule has 1 aliphatic heterocycles. The third-order valence-corrected chi connectivity index (χ3v) is 4.83. The molecule has 0 atom stereocenters. The summed E-state index contributed by atoms with van der Waals surface area (Å²) in [5, 5.41) is 0. The van der Waals surface area contributed by atoms with Crippen LogP contribution in [0.1, 0.15) is 11.1 Å². The number of piperazine rings is 1. The Labute approximate surface area is 146 Å². The molecule has 1 fully saturated rings. The molecule has 23 heavy (non-hydrogen) atoms. The van der Waals surface area contributed by atoms with Gasteiger partial charge in [-0.1, -0.05) is 45.8 Å². The molecule has 1 amide bonds. The molecule has 0 saturated carbocycles. The Morgan fingerprint density at radius 1 is 0.957 bits per heavy atom. The van der Waals surface area contributed by atoms with Gasteiger partial charge in [0.2, 0.25) is 5.91 Å². The fourth-order valence-corrected chi connectivity index (χ4v) is 3.12. The highest BCUT2D eigenvalue weighted by Gasteiger charge is 2.21. The Bertz CT molecular complexity index is 659. The van der Waals surface area contributed by atoms with E-state index < -0.39 is 0 Å². The molecule has 0 unspecified atom stereocenters. The second kappa shape index (κ2) is 7.18. The Kier molecular flexibility index (Phi) is 5.01. The third kappa shape index (κ3) is 4.14. The molecule has 0 N–H and O–H groups in total. The molecule has 3 rings (SSSR count). The molecule has 1 heterocycles. The first-order valence-electron chi connectivity index (χ1n) is 7.96. The second-order valence-electron chi connectivity index (χ2n) is 6.01. The molecule has 3 nitrogen and oxygen atoms in total. The fourth-order valence-electron chi connectivity index (χ4n) is 2.86. The summed E-state index contributed by atoms with van der Waals surface area (Å²) in [7, 11) is 0. The molecule has 0 bridgehead atoms. The predicted octanol–water partition coefficient (Wildman–Crippen LogP) is 3.65. The van der Waals surface area contributed by atoms with Gasteiger partial charge in [-0.25, -0.2) is 0 Å². The summed E-state index contributed by atoms with van der Waals surface area (Å²) in [4.78, 5) is 16.8. The van der Waals surface area contributed by atoms with Gasteiger partial charge < -0.3 is 9.80 Å². The summed E-state index contributed by atoms with van der Waals surface area (Å²) in [5.74, 6) is 0.218. The average Bonchev–Trinajstić information content (AvgIpc) is 2.58. The number of nitrogens with zero attached hydrogens (tertiary/aromatic N) is 2. The number of halogens is 1. The van der Waals surface area contributed by atoms with Crippen molar-refractivity contribution in [3.05, 3.63) is 64.1 Å². The average molecular weight is 373 g/mol. The molecule has 0 spiro atoms. The van der Waals surface area contributed by atoms with Gasteiger partial charge in [0.15, 0.2) is 0 Å². The van der Waals surface area contributed by atoms with E-state index in [1.807, 2.05) is 29.2 Å². The van der Waals surface area contributed by atoms with Crippen molar-refractivity contribution in [1.29, 1.82) is 0 Å². The fraction of sp³-hybridized carbons (Fsp3) is 0.316. The first-order chi connectivity index (χ1) is 11.1. The number of amides is 1. The Morgan fingerprint density at radius 2 is 1.57 bits per heavy atom. The van der Waals surface area contributed by atoms with Crippen molar-refractivity contribution in [2.75, 3.05) is 31.1 Å². The van der Waals surface area contributed by atoms with Crippen LogP contribution in [0, 0.1) is 6.92 Å². The minimum absolute atomic E-state index is 0.218. The van der Waals surface area contributed by atoms with Gasteiger partial charge in [-0.05, 0) is 36.8 Å². The molecular weight excluding hydrogens is 352 g/mol. The van der Waals surface area contributed by atoms with Gasteiger partial charge in [-0.15, -0.1) is 0 Å². The van der Waals surface area contributed by atoms with E-state index in [2.05, 4.69) is 52.0 Å². The van der Waals surface area contributed by atoms with E-state index in [9.17, 15) is 4.79 Å². The topological polar surface area (TPSA) is 23.6 Å². The summed E-state index contributed by atoms with van der Waals surface area (Å²) >= 11 is 3.42. The first kappa shape index (κ1) is 16.1. The maximum Gasteiger partial charge on any atom is 0.227 e. The van der Waals surface area contributed by atoms with Gasteiger partial charge in [0.05, 0.1) is 6.42 Å². The van der Waals surface area contributed by atoms with Crippen molar-refractivity contribution < 1.29 is 4.79 Å². The summed E-state index contributed by atoms with van der Waals surface area (Å²) < 4.78 is 1.04. The zero-order chi connectivity index (χ0) is 16.2. The van der Waals surface area contributed by atoms with Crippen LogP contribution in [-0.2, 0) is 11.2 Å². The van der Waals surface area contributed by atoms with Crippen LogP contribution < -0.4 is 4.90 Å². The highest BCUT2D eigenvalue weighted by molar-refractivity contribution is 9.10. The number of aryl methyl sites for hydroxylation is 1. The number of carbonyl (C=O) groups is 1. The Hall–Kier alpha value is -1.81. The van der Waals surface area contributed by atoms with Gasteiger partial charge in [-0.2, -0.15) is 0 Å². The first-order valence-corrected chi connectivity index (χ1v) is 8.75. The van der Waals surface area contributed by atoms with E-state index in [0.717, 1.165) is 36.2 Å². The Balaban J connectivity index is 1.54. The molecule has 0 radical (unpaired) electrons. The summed E-state index contributed by atoms with van der Waals surface area (Å²) in [6.45, 7) is 5.49. The molecule has 120 valence electrons. The van der Waals surface area contributed by atoms with Crippen LogP contribution in [0.25, 0.3) is 0 Å². The monoisotopic (exact) mass is 372 g/mol. The zero-order valence-corrected chi connectivity index (χ0v) is 14.9. The van der Waals surface area contributed by atoms with Gasteiger partial charge in [0.25, 0.3) is 0 Å². The lowest BCUT2D eigenvalue weighted by molar-refractivity contribution is -0.130. The molecule has 0 aliphatic carbocycles. The molecule has 4 heteroatoms. The van der Waals surface area contributed by atoms with Crippen LogP contribution in [-0.4, -0.2) is 37.0 Å². The number of anilines is 1. The molecular formula is C19H21BrN2O. The minimum atomic E-state index is 0.218. The van der Waals surface area contributed by atoms with Crippen LogP contribution in [0.15, 0.2) is 53.0 Å². The number of carbonyl (C=O) groups excluding carboxylic acids is 1. The SMILES string of the molecule is Cc1ccc(N2CCN(C(=O)Cc3ccc(Br)cc3)CC2)cc1. The van der Waals surface area contributed by atoms with Crippen molar-refractivity contribution in [2.45, 2.75) is 13.3 Å². The quantitative estimate of drug-likeness (QED) is 0.820. The predicted molar refractivity (Wildman–Crippen MR) is 97.8 cm³/mol. The summed E-state index contributed by atoms with van der Waals surface area (Å²) in [5.41, 5.74) is 3.59. The van der Waals surface area contributed by atoms with Crippen molar-refractivity contribution in [3.63, 3.8) is 0 Å². The number of hydrogen-bond donors (Lipinski definition) is 0.